The van der Waals surface area contributed by atoms with Gasteiger partial charge >= 0.3 is 6.03 Å². The van der Waals surface area contributed by atoms with Gasteiger partial charge in [0.1, 0.15) is 6.04 Å². The zero-order chi connectivity index (χ0) is 11.8. The highest BCUT2D eigenvalue weighted by Gasteiger charge is 2.48. The van der Waals surface area contributed by atoms with E-state index in [1.165, 1.54) is 6.42 Å². The van der Waals surface area contributed by atoms with Crippen LogP contribution in [0.4, 0.5) is 4.79 Å². The van der Waals surface area contributed by atoms with Gasteiger partial charge in [0.15, 0.2) is 0 Å². The summed E-state index contributed by atoms with van der Waals surface area (Å²) in [6.45, 7) is 2.08. The van der Waals surface area contributed by atoms with E-state index in [0.29, 0.717) is 13.1 Å². The molecule has 1 saturated carbocycles. The van der Waals surface area contributed by atoms with Gasteiger partial charge in [0.2, 0.25) is 0 Å². The van der Waals surface area contributed by atoms with Gasteiger partial charge in [0, 0.05) is 25.7 Å². The van der Waals surface area contributed by atoms with Crippen molar-refractivity contribution in [3.8, 4) is 0 Å². The molecule has 1 N–H and O–H groups in total. The van der Waals surface area contributed by atoms with E-state index < -0.39 is 0 Å². The number of imide groups is 1. The number of carbonyl (C=O) groups is 2. The molecule has 2 saturated heterocycles. The highest BCUT2D eigenvalue weighted by molar-refractivity contribution is 6.04. The predicted octanol–water partition coefficient (Wildman–Crippen LogP) is 0.555. The molecule has 2 aliphatic heterocycles. The van der Waals surface area contributed by atoms with Crippen LogP contribution in [-0.4, -0.2) is 53.5 Å². The monoisotopic (exact) mass is 237 g/mol. The summed E-state index contributed by atoms with van der Waals surface area (Å²) in [6, 6.07) is -0.124. The maximum absolute atomic E-state index is 12.3. The van der Waals surface area contributed by atoms with Crippen LogP contribution < -0.4 is 5.32 Å². The number of nitrogens with one attached hydrogen (secondary N) is 1. The molecule has 0 bridgehead atoms. The molecular weight excluding hydrogens is 218 g/mol. The smallest absolute Gasteiger partial charge is 0.312 e. The Kier molecular flexibility index (Phi) is 2.78. The van der Waals surface area contributed by atoms with Crippen molar-refractivity contribution in [2.75, 3.05) is 19.6 Å². The highest BCUT2D eigenvalue weighted by Crippen LogP contribution is 2.29. The second kappa shape index (κ2) is 4.29. The van der Waals surface area contributed by atoms with Crippen LogP contribution in [0.15, 0.2) is 0 Å². The molecule has 1 aliphatic carbocycles. The zero-order valence-corrected chi connectivity index (χ0v) is 10.0. The summed E-state index contributed by atoms with van der Waals surface area (Å²) in [4.78, 5) is 27.8. The van der Waals surface area contributed by atoms with E-state index in [0.717, 1.165) is 32.2 Å². The minimum Gasteiger partial charge on any atom is -0.312 e. The Morgan fingerprint density at radius 1 is 1.12 bits per heavy atom. The van der Waals surface area contributed by atoms with Crippen LogP contribution in [0.5, 0.6) is 0 Å². The van der Waals surface area contributed by atoms with Crippen LogP contribution >= 0.6 is 0 Å². The number of piperazine rings is 1. The Bertz CT molecular complexity index is 315. The first-order valence-electron chi connectivity index (χ1n) is 6.63. The van der Waals surface area contributed by atoms with Crippen LogP contribution in [0.1, 0.15) is 32.1 Å². The molecule has 0 unspecified atom stereocenters. The Morgan fingerprint density at radius 3 is 2.59 bits per heavy atom. The SMILES string of the molecule is O=C1[C@H]2CNCCN2C(=O)N1C1CCCCC1. The Morgan fingerprint density at radius 2 is 1.88 bits per heavy atom. The van der Waals surface area contributed by atoms with Crippen molar-refractivity contribution in [2.24, 2.45) is 0 Å². The van der Waals surface area contributed by atoms with Crippen molar-refractivity contribution in [3.63, 3.8) is 0 Å². The summed E-state index contributed by atoms with van der Waals surface area (Å²) in [6.07, 6.45) is 5.51. The molecule has 5 nitrogen and oxygen atoms in total. The first kappa shape index (κ1) is 11.0. The molecule has 3 rings (SSSR count). The third-order valence-electron chi connectivity index (χ3n) is 4.16. The maximum Gasteiger partial charge on any atom is 0.327 e. The minimum absolute atomic E-state index is 0.0223. The lowest BCUT2D eigenvalue weighted by Gasteiger charge is -2.29. The first-order valence-corrected chi connectivity index (χ1v) is 6.63. The van der Waals surface area contributed by atoms with Gasteiger partial charge in [-0.15, -0.1) is 0 Å². The van der Waals surface area contributed by atoms with Crippen LogP contribution in [0.25, 0.3) is 0 Å². The van der Waals surface area contributed by atoms with E-state index in [1.807, 2.05) is 0 Å². The average Bonchev–Trinajstić information content (AvgIpc) is 2.64. The maximum atomic E-state index is 12.3. The Labute approximate surface area is 101 Å². The number of nitrogens with zero attached hydrogens (tertiary/aromatic N) is 2. The summed E-state index contributed by atoms with van der Waals surface area (Å²) >= 11 is 0. The van der Waals surface area contributed by atoms with Crippen LogP contribution in [0, 0.1) is 0 Å². The fraction of sp³-hybridized carbons (Fsp3) is 0.833. The summed E-state index contributed by atoms with van der Waals surface area (Å²) in [5, 5.41) is 3.19. The molecule has 0 aromatic heterocycles. The molecule has 3 amide bonds. The third kappa shape index (κ3) is 1.73. The lowest BCUT2D eigenvalue weighted by molar-refractivity contribution is -0.130. The molecule has 17 heavy (non-hydrogen) atoms. The number of fused-ring (bicyclic) bond motifs is 1. The molecule has 5 heteroatoms. The van der Waals surface area contributed by atoms with Gasteiger partial charge in [0.05, 0.1) is 0 Å². The van der Waals surface area contributed by atoms with Gasteiger partial charge in [-0.1, -0.05) is 19.3 Å². The number of hydrogen-bond donors (Lipinski definition) is 1. The number of hydrogen-bond acceptors (Lipinski definition) is 3. The quantitative estimate of drug-likeness (QED) is 0.678. The van der Waals surface area contributed by atoms with E-state index in [9.17, 15) is 9.59 Å². The van der Waals surface area contributed by atoms with Crippen molar-refractivity contribution < 1.29 is 9.59 Å². The lowest BCUT2D eigenvalue weighted by atomic mass is 9.94. The second-order valence-corrected chi connectivity index (χ2v) is 5.20. The molecular formula is C12H19N3O2. The van der Waals surface area contributed by atoms with Crippen molar-refractivity contribution in [1.82, 2.24) is 15.1 Å². The minimum atomic E-state index is -0.238. The standard InChI is InChI=1S/C12H19N3O2/c16-11-10-8-13-6-7-14(10)12(17)15(11)9-4-2-1-3-5-9/h9-10,13H,1-8H2/t10-/m1/s1. The molecule has 3 aliphatic rings. The molecule has 94 valence electrons. The van der Waals surface area contributed by atoms with Gasteiger partial charge in [-0.2, -0.15) is 0 Å². The van der Waals surface area contributed by atoms with Gasteiger partial charge in [-0.05, 0) is 12.8 Å². The summed E-state index contributed by atoms with van der Waals surface area (Å²) in [5.41, 5.74) is 0. The number of carbonyl (C=O) groups excluding carboxylic acids is 2. The number of urea groups is 1. The molecule has 0 aromatic carbocycles. The fourth-order valence-corrected chi connectivity index (χ4v) is 3.22. The van der Waals surface area contributed by atoms with Gasteiger partial charge in [-0.3, -0.25) is 9.69 Å². The van der Waals surface area contributed by atoms with Gasteiger partial charge in [-0.25, -0.2) is 4.79 Å². The fourth-order valence-electron chi connectivity index (χ4n) is 3.22. The predicted molar refractivity (Wildman–Crippen MR) is 62.5 cm³/mol. The highest BCUT2D eigenvalue weighted by atomic mass is 16.2. The van der Waals surface area contributed by atoms with Crippen LogP contribution in [0.2, 0.25) is 0 Å². The van der Waals surface area contributed by atoms with Crippen molar-refractivity contribution in [3.05, 3.63) is 0 Å². The third-order valence-corrected chi connectivity index (χ3v) is 4.16. The zero-order valence-electron chi connectivity index (χ0n) is 10.0. The number of rotatable bonds is 1. The summed E-state index contributed by atoms with van der Waals surface area (Å²) in [7, 11) is 0. The van der Waals surface area contributed by atoms with E-state index in [-0.39, 0.29) is 24.0 Å². The molecule has 0 aromatic rings. The van der Waals surface area contributed by atoms with E-state index in [4.69, 9.17) is 0 Å². The molecule has 0 spiro atoms. The topological polar surface area (TPSA) is 52.7 Å². The molecule has 1 atom stereocenters. The molecule has 3 fully saturated rings. The largest absolute Gasteiger partial charge is 0.327 e. The van der Waals surface area contributed by atoms with Gasteiger partial charge < -0.3 is 10.2 Å². The normalized spacial score (nSPS) is 30.9. The summed E-state index contributed by atoms with van der Waals surface area (Å²) < 4.78 is 0. The molecule has 0 radical (unpaired) electrons. The Balaban J connectivity index is 1.80. The van der Waals surface area contributed by atoms with Crippen molar-refractivity contribution in [1.29, 1.82) is 0 Å². The number of amides is 3. The van der Waals surface area contributed by atoms with Crippen molar-refractivity contribution >= 4 is 11.9 Å². The second-order valence-electron chi connectivity index (χ2n) is 5.20. The van der Waals surface area contributed by atoms with E-state index >= 15 is 0 Å². The van der Waals surface area contributed by atoms with Crippen LogP contribution in [-0.2, 0) is 4.79 Å². The summed E-state index contributed by atoms with van der Waals surface area (Å²) in [5.74, 6) is 0.0223. The lowest BCUT2D eigenvalue weighted by Crippen LogP contribution is -2.51. The first-order chi connectivity index (χ1) is 8.29. The van der Waals surface area contributed by atoms with Crippen molar-refractivity contribution in [2.45, 2.75) is 44.2 Å². The van der Waals surface area contributed by atoms with Crippen LogP contribution in [0.3, 0.4) is 0 Å². The van der Waals surface area contributed by atoms with E-state index in [2.05, 4.69) is 5.32 Å². The molecule has 2 heterocycles. The van der Waals surface area contributed by atoms with E-state index in [1.54, 1.807) is 9.80 Å². The Hall–Kier alpha value is -1.10. The average molecular weight is 237 g/mol. The van der Waals surface area contributed by atoms with Gasteiger partial charge in [0.25, 0.3) is 5.91 Å².